The second-order valence-corrected chi connectivity index (χ2v) is 10.8. The van der Waals surface area contributed by atoms with Gasteiger partial charge in [0.1, 0.15) is 18.3 Å². The first kappa shape index (κ1) is 26.7. The van der Waals surface area contributed by atoms with Crippen molar-refractivity contribution in [2.45, 2.75) is 44.0 Å². The molecule has 1 aliphatic heterocycles. The molecule has 7 nitrogen and oxygen atoms in total. The molecule has 0 unspecified atom stereocenters. The normalized spacial score (nSPS) is 22.1. The molecule has 192 valence electrons. The molecule has 8 heteroatoms. The fraction of sp³-hybridized carbons (Fsp3) is 0.357. The van der Waals surface area contributed by atoms with Gasteiger partial charge in [-0.2, -0.15) is 0 Å². The van der Waals surface area contributed by atoms with Gasteiger partial charge in [0.05, 0.1) is 26.4 Å². The van der Waals surface area contributed by atoms with Crippen LogP contribution < -0.4 is 0 Å². The van der Waals surface area contributed by atoms with Crippen molar-refractivity contribution in [2.24, 2.45) is 0 Å². The maximum absolute atomic E-state index is 13.5. The molecule has 0 aromatic heterocycles. The third kappa shape index (κ3) is 6.90. The second-order valence-electron chi connectivity index (χ2n) is 8.49. The van der Waals surface area contributed by atoms with E-state index in [-0.39, 0.29) is 6.61 Å². The van der Waals surface area contributed by atoms with Crippen molar-refractivity contribution in [3.63, 3.8) is 0 Å². The van der Waals surface area contributed by atoms with E-state index in [0.717, 1.165) is 16.7 Å². The largest absolute Gasteiger partial charge is 0.374 e. The molecular formula is C28H33O7P. The van der Waals surface area contributed by atoms with Crippen LogP contribution in [0.15, 0.2) is 91.0 Å². The lowest BCUT2D eigenvalue weighted by Gasteiger charge is -2.27. The van der Waals surface area contributed by atoms with Crippen molar-refractivity contribution < 1.29 is 32.6 Å². The van der Waals surface area contributed by atoms with Crippen LogP contribution in [0.4, 0.5) is 0 Å². The van der Waals surface area contributed by atoms with Gasteiger partial charge < -0.3 is 28.0 Å². The van der Waals surface area contributed by atoms with Gasteiger partial charge in [0.2, 0.25) is 0 Å². The highest BCUT2D eigenvalue weighted by atomic mass is 31.2. The smallest absolute Gasteiger partial charge is 0.361 e. The van der Waals surface area contributed by atoms with Crippen LogP contribution in [-0.2, 0) is 52.4 Å². The molecule has 0 saturated carbocycles. The van der Waals surface area contributed by atoms with E-state index in [1.807, 2.05) is 91.0 Å². The van der Waals surface area contributed by atoms with E-state index in [1.165, 1.54) is 14.2 Å². The zero-order valence-corrected chi connectivity index (χ0v) is 21.5. The van der Waals surface area contributed by atoms with Crippen molar-refractivity contribution in [2.75, 3.05) is 20.8 Å². The Hall–Kier alpha value is -2.35. The molecule has 4 atom stereocenters. The summed E-state index contributed by atoms with van der Waals surface area (Å²) in [5.74, 6) is -0.970. The number of ether oxygens (including phenoxy) is 4. The van der Waals surface area contributed by atoms with Gasteiger partial charge in [0.15, 0.2) is 5.85 Å². The Morgan fingerprint density at radius 3 is 1.58 bits per heavy atom. The fourth-order valence-corrected chi connectivity index (χ4v) is 5.64. The number of benzene rings is 3. The molecular weight excluding hydrogens is 479 g/mol. The topological polar surface area (TPSA) is 72.5 Å². The summed E-state index contributed by atoms with van der Waals surface area (Å²) in [5, 5.41) is 0. The molecule has 0 bridgehead atoms. The molecule has 0 spiro atoms. The molecule has 0 N–H and O–H groups in total. The molecule has 3 aromatic carbocycles. The Morgan fingerprint density at radius 1 is 0.667 bits per heavy atom. The third-order valence-electron chi connectivity index (χ3n) is 6.07. The van der Waals surface area contributed by atoms with Gasteiger partial charge in [-0.05, 0) is 16.7 Å². The first-order chi connectivity index (χ1) is 17.6. The molecule has 1 aliphatic rings. The van der Waals surface area contributed by atoms with Crippen molar-refractivity contribution in [1.82, 2.24) is 0 Å². The van der Waals surface area contributed by atoms with Gasteiger partial charge >= 0.3 is 7.60 Å². The van der Waals surface area contributed by atoms with Crippen LogP contribution >= 0.6 is 7.60 Å². The third-order valence-corrected chi connectivity index (χ3v) is 8.13. The Kier molecular flexibility index (Phi) is 9.84. The van der Waals surface area contributed by atoms with Gasteiger partial charge in [-0.3, -0.25) is 4.57 Å². The molecule has 0 aliphatic carbocycles. The van der Waals surface area contributed by atoms with E-state index in [0.29, 0.717) is 19.8 Å². The monoisotopic (exact) mass is 512 g/mol. The highest BCUT2D eigenvalue weighted by Crippen LogP contribution is 2.57. The molecule has 0 radical (unpaired) electrons. The SMILES string of the molecule is COP(=O)(OC)[C@H]1O[C@H](COCc2ccccc2)[C@@H](OCc2ccccc2)[C@@H]1OCc1ccccc1. The van der Waals surface area contributed by atoms with Gasteiger partial charge in [-0.1, -0.05) is 91.0 Å². The summed E-state index contributed by atoms with van der Waals surface area (Å²) >= 11 is 0. The zero-order chi connectivity index (χ0) is 25.2. The Labute approximate surface area is 212 Å². The molecule has 1 fully saturated rings. The minimum Gasteiger partial charge on any atom is -0.374 e. The average molecular weight is 513 g/mol. The molecule has 1 saturated heterocycles. The Balaban J connectivity index is 1.54. The van der Waals surface area contributed by atoms with Crippen LogP contribution in [-0.4, -0.2) is 45.0 Å². The molecule has 3 aromatic rings. The van der Waals surface area contributed by atoms with Gasteiger partial charge in [-0.15, -0.1) is 0 Å². The zero-order valence-electron chi connectivity index (χ0n) is 20.6. The highest BCUT2D eigenvalue weighted by Gasteiger charge is 2.55. The summed E-state index contributed by atoms with van der Waals surface area (Å²) < 4.78 is 49.0. The van der Waals surface area contributed by atoms with Gasteiger partial charge in [0.25, 0.3) is 0 Å². The molecule has 0 amide bonds. The quantitative estimate of drug-likeness (QED) is 0.277. The van der Waals surface area contributed by atoms with E-state index in [9.17, 15) is 4.57 Å². The van der Waals surface area contributed by atoms with Crippen molar-refractivity contribution in [3.8, 4) is 0 Å². The predicted molar refractivity (Wildman–Crippen MR) is 136 cm³/mol. The molecule has 4 rings (SSSR count). The van der Waals surface area contributed by atoms with Crippen molar-refractivity contribution in [3.05, 3.63) is 108 Å². The van der Waals surface area contributed by atoms with Crippen molar-refractivity contribution >= 4 is 7.60 Å². The van der Waals surface area contributed by atoms with Gasteiger partial charge in [-0.25, -0.2) is 0 Å². The number of hydrogen-bond donors (Lipinski definition) is 0. The van der Waals surface area contributed by atoms with Gasteiger partial charge in [0, 0.05) is 14.2 Å². The van der Waals surface area contributed by atoms with E-state index in [4.69, 9.17) is 28.0 Å². The number of rotatable bonds is 13. The summed E-state index contributed by atoms with van der Waals surface area (Å²) in [5.41, 5.74) is 3.03. The Bertz CT molecular complexity index is 1070. The van der Waals surface area contributed by atoms with E-state index in [1.54, 1.807) is 0 Å². The van der Waals surface area contributed by atoms with Crippen LogP contribution in [0.3, 0.4) is 0 Å². The lowest BCUT2D eigenvalue weighted by atomic mass is 10.1. The summed E-state index contributed by atoms with van der Waals surface area (Å²) in [6.07, 6.45) is -1.81. The summed E-state index contributed by atoms with van der Waals surface area (Å²) in [4.78, 5) is 0. The predicted octanol–water partition coefficient (Wildman–Crippen LogP) is 5.58. The maximum Gasteiger partial charge on any atom is 0.361 e. The van der Waals surface area contributed by atoms with Crippen molar-refractivity contribution in [1.29, 1.82) is 0 Å². The fourth-order valence-electron chi connectivity index (χ4n) is 4.16. The number of hydrogen-bond acceptors (Lipinski definition) is 7. The average Bonchev–Trinajstić information content (AvgIpc) is 3.29. The lowest BCUT2D eigenvalue weighted by Crippen LogP contribution is -2.39. The standard InChI is InChI=1S/C28H33O7P/c1-30-36(29,31-2)28-27(34-20-24-16-10-5-11-17-24)26(33-19-23-14-8-4-9-15-23)25(35-28)21-32-18-22-12-6-3-7-13-22/h3-17,25-28H,18-21H2,1-2H3/t25-,26-,27+,28-/m1/s1. The van der Waals surface area contributed by atoms with E-state index >= 15 is 0 Å². The second kappa shape index (κ2) is 13.3. The highest BCUT2D eigenvalue weighted by molar-refractivity contribution is 7.54. The summed E-state index contributed by atoms with van der Waals surface area (Å²) in [6, 6.07) is 29.5. The van der Waals surface area contributed by atoms with Crippen LogP contribution in [0, 0.1) is 0 Å². The minimum atomic E-state index is -3.65. The first-order valence-electron chi connectivity index (χ1n) is 11.9. The lowest BCUT2D eigenvalue weighted by molar-refractivity contribution is -0.0896. The Morgan fingerprint density at radius 2 is 1.11 bits per heavy atom. The summed E-state index contributed by atoms with van der Waals surface area (Å²) in [6.45, 7) is 1.27. The summed E-state index contributed by atoms with van der Waals surface area (Å²) in [7, 11) is -0.953. The first-order valence-corrected chi connectivity index (χ1v) is 13.5. The molecule has 1 heterocycles. The van der Waals surface area contributed by atoms with E-state index < -0.39 is 31.8 Å². The van der Waals surface area contributed by atoms with Crippen LogP contribution in [0.5, 0.6) is 0 Å². The van der Waals surface area contributed by atoms with E-state index in [2.05, 4.69) is 0 Å². The maximum atomic E-state index is 13.5. The minimum absolute atomic E-state index is 0.226. The molecule has 36 heavy (non-hydrogen) atoms. The van der Waals surface area contributed by atoms with Crippen LogP contribution in [0.1, 0.15) is 16.7 Å². The van der Waals surface area contributed by atoms with Crippen LogP contribution in [0.2, 0.25) is 0 Å². The van der Waals surface area contributed by atoms with Crippen LogP contribution in [0.25, 0.3) is 0 Å².